The Hall–Kier alpha value is -0.240. The molecule has 0 spiro atoms. The van der Waals surface area contributed by atoms with Crippen LogP contribution in [0.4, 0.5) is 0 Å². The summed E-state index contributed by atoms with van der Waals surface area (Å²) in [4.78, 5) is 0. The van der Waals surface area contributed by atoms with E-state index in [1.165, 1.54) is 0 Å². The maximum Gasteiger partial charge on any atom is 0.0781 e. The average molecular weight is 296 g/mol. The summed E-state index contributed by atoms with van der Waals surface area (Å²) in [6.07, 6.45) is -0.973. The number of ether oxygens (including phenoxy) is 3. The van der Waals surface area contributed by atoms with Crippen LogP contribution in [0.25, 0.3) is 0 Å². The van der Waals surface area contributed by atoms with Crippen LogP contribution in [0.3, 0.4) is 0 Å². The molecule has 20 heavy (non-hydrogen) atoms. The molecule has 0 aliphatic heterocycles. The van der Waals surface area contributed by atoms with Gasteiger partial charge in [0.15, 0.2) is 0 Å². The van der Waals surface area contributed by atoms with Crippen LogP contribution in [0.5, 0.6) is 0 Å². The second-order valence-electron chi connectivity index (χ2n) is 4.83. The molecule has 0 aliphatic carbocycles. The Labute approximate surface area is 122 Å². The topological polar surface area (TPSA) is 88.4 Å². The summed E-state index contributed by atoms with van der Waals surface area (Å²) >= 11 is 0. The molecule has 0 saturated carbocycles. The first kappa shape index (κ1) is 22.0. The Balaban J connectivity index is 0. The van der Waals surface area contributed by atoms with E-state index in [-0.39, 0.29) is 24.9 Å². The molecule has 0 bridgehead atoms. The van der Waals surface area contributed by atoms with Gasteiger partial charge < -0.3 is 29.5 Å². The van der Waals surface area contributed by atoms with E-state index in [0.717, 1.165) is 0 Å². The lowest BCUT2D eigenvalue weighted by atomic mass is 10.4. The first-order valence-electron chi connectivity index (χ1n) is 7.11. The van der Waals surface area contributed by atoms with Crippen molar-refractivity contribution in [1.29, 1.82) is 0 Å². The lowest BCUT2D eigenvalue weighted by molar-refractivity contribution is -0.0620. The fourth-order valence-electron chi connectivity index (χ4n) is 0.993. The molecule has 0 aromatic heterocycles. The van der Waals surface area contributed by atoms with Gasteiger partial charge in [-0.2, -0.15) is 0 Å². The maximum absolute atomic E-state index is 8.92. The number of aliphatic hydroxyl groups is 3. The van der Waals surface area contributed by atoms with Crippen molar-refractivity contribution in [3.63, 3.8) is 0 Å². The van der Waals surface area contributed by atoms with Crippen LogP contribution >= 0.6 is 0 Å². The minimum absolute atomic E-state index is 0.0170. The summed E-state index contributed by atoms with van der Waals surface area (Å²) in [5, 5.41) is 26.1. The SMILES string of the molecule is CC(O)COC(C)COC(C)CO.CCOCC(C)O. The number of hydrogen-bond donors (Lipinski definition) is 3. The van der Waals surface area contributed by atoms with Gasteiger partial charge in [0.2, 0.25) is 0 Å². The van der Waals surface area contributed by atoms with Gasteiger partial charge in [-0.25, -0.2) is 0 Å². The smallest absolute Gasteiger partial charge is 0.0781 e. The van der Waals surface area contributed by atoms with Gasteiger partial charge >= 0.3 is 0 Å². The highest BCUT2D eigenvalue weighted by Gasteiger charge is 2.06. The standard InChI is InChI=1S/C9H20O4.C5H12O2/c1-7(11)5-12-9(3)6-13-8(2)4-10;1-3-7-4-5(2)6/h7-11H,4-6H2,1-3H3;5-6H,3-4H2,1-2H3. The van der Waals surface area contributed by atoms with Gasteiger partial charge in [-0.3, -0.25) is 0 Å². The van der Waals surface area contributed by atoms with E-state index in [0.29, 0.717) is 26.4 Å². The third kappa shape index (κ3) is 20.1. The second kappa shape index (κ2) is 15.2. The van der Waals surface area contributed by atoms with Gasteiger partial charge in [0.1, 0.15) is 0 Å². The van der Waals surface area contributed by atoms with Crippen molar-refractivity contribution in [2.45, 2.75) is 59.0 Å². The van der Waals surface area contributed by atoms with Gasteiger partial charge in [0.25, 0.3) is 0 Å². The fourth-order valence-corrected chi connectivity index (χ4v) is 0.993. The van der Waals surface area contributed by atoms with E-state index >= 15 is 0 Å². The molecule has 3 N–H and O–H groups in total. The molecule has 0 aromatic carbocycles. The first-order chi connectivity index (χ1) is 9.33. The van der Waals surface area contributed by atoms with Crippen LogP contribution in [0.2, 0.25) is 0 Å². The predicted octanol–water partition coefficient (Wildman–Crippen LogP) is 0.573. The van der Waals surface area contributed by atoms with Crippen LogP contribution in [-0.4, -0.2) is 72.8 Å². The Bertz CT molecular complexity index is 187. The van der Waals surface area contributed by atoms with E-state index in [1.807, 2.05) is 13.8 Å². The van der Waals surface area contributed by atoms with Crippen molar-refractivity contribution in [3.8, 4) is 0 Å². The van der Waals surface area contributed by atoms with Crippen molar-refractivity contribution in [3.05, 3.63) is 0 Å². The van der Waals surface area contributed by atoms with Crippen LogP contribution in [-0.2, 0) is 14.2 Å². The highest BCUT2D eigenvalue weighted by atomic mass is 16.5. The van der Waals surface area contributed by atoms with E-state index in [4.69, 9.17) is 29.5 Å². The molecule has 0 aliphatic rings. The number of rotatable bonds is 10. The minimum atomic E-state index is -0.447. The first-order valence-corrected chi connectivity index (χ1v) is 7.11. The van der Waals surface area contributed by atoms with Crippen LogP contribution < -0.4 is 0 Å². The Morgan fingerprint density at radius 1 is 0.800 bits per heavy atom. The molecule has 6 heteroatoms. The molecule has 0 rings (SSSR count). The van der Waals surface area contributed by atoms with E-state index in [1.54, 1.807) is 20.8 Å². The van der Waals surface area contributed by atoms with Gasteiger partial charge in [0.05, 0.1) is 50.8 Å². The predicted molar refractivity (Wildman–Crippen MR) is 77.8 cm³/mol. The number of aliphatic hydroxyl groups excluding tert-OH is 3. The lowest BCUT2D eigenvalue weighted by Crippen LogP contribution is -2.24. The molecule has 0 amide bonds. The maximum atomic E-state index is 8.92. The second-order valence-corrected chi connectivity index (χ2v) is 4.83. The molecule has 0 radical (unpaired) electrons. The average Bonchev–Trinajstić information content (AvgIpc) is 2.40. The summed E-state index contributed by atoms with van der Waals surface area (Å²) in [6.45, 7) is 10.9. The zero-order chi connectivity index (χ0) is 16.0. The summed E-state index contributed by atoms with van der Waals surface area (Å²) in [5.41, 5.74) is 0. The van der Waals surface area contributed by atoms with E-state index < -0.39 is 6.10 Å². The van der Waals surface area contributed by atoms with Gasteiger partial charge in [-0.15, -0.1) is 0 Å². The van der Waals surface area contributed by atoms with Crippen molar-refractivity contribution in [2.24, 2.45) is 0 Å². The van der Waals surface area contributed by atoms with Crippen LogP contribution in [0.15, 0.2) is 0 Å². The van der Waals surface area contributed by atoms with E-state index in [2.05, 4.69) is 0 Å². The van der Waals surface area contributed by atoms with E-state index in [9.17, 15) is 0 Å². The van der Waals surface area contributed by atoms with Gasteiger partial charge in [-0.05, 0) is 34.6 Å². The molecule has 0 heterocycles. The van der Waals surface area contributed by atoms with Gasteiger partial charge in [-0.1, -0.05) is 0 Å². The summed E-state index contributed by atoms with van der Waals surface area (Å²) in [5.74, 6) is 0. The summed E-state index contributed by atoms with van der Waals surface area (Å²) in [7, 11) is 0. The monoisotopic (exact) mass is 296 g/mol. The van der Waals surface area contributed by atoms with Crippen molar-refractivity contribution in [1.82, 2.24) is 0 Å². The zero-order valence-electron chi connectivity index (χ0n) is 13.4. The molecule has 124 valence electrons. The largest absolute Gasteiger partial charge is 0.394 e. The highest BCUT2D eigenvalue weighted by Crippen LogP contribution is 1.97. The minimum Gasteiger partial charge on any atom is -0.394 e. The third-order valence-corrected chi connectivity index (χ3v) is 2.06. The Kier molecular flexibility index (Phi) is 16.7. The molecule has 4 atom stereocenters. The molecule has 0 fully saturated rings. The van der Waals surface area contributed by atoms with Crippen molar-refractivity contribution >= 4 is 0 Å². The fraction of sp³-hybridized carbons (Fsp3) is 1.00. The van der Waals surface area contributed by atoms with Crippen LogP contribution in [0.1, 0.15) is 34.6 Å². The van der Waals surface area contributed by atoms with Crippen molar-refractivity contribution in [2.75, 3.05) is 33.0 Å². The molecular formula is C14H32O6. The number of hydrogen-bond acceptors (Lipinski definition) is 6. The summed E-state index contributed by atoms with van der Waals surface area (Å²) < 4.78 is 15.3. The molecule has 4 unspecified atom stereocenters. The third-order valence-electron chi connectivity index (χ3n) is 2.06. The normalized spacial score (nSPS) is 16.8. The van der Waals surface area contributed by atoms with Crippen molar-refractivity contribution < 1.29 is 29.5 Å². The molecular weight excluding hydrogens is 264 g/mol. The Morgan fingerprint density at radius 3 is 1.65 bits per heavy atom. The van der Waals surface area contributed by atoms with Gasteiger partial charge in [0, 0.05) is 6.61 Å². The summed E-state index contributed by atoms with van der Waals surface area (Å²) in [6, 6.07) is 0. The Morgan fingerprint density at radius 2 is 1.30 bits per heavy atom. The molecule has 0 saturated heterocycles. The highest BCUT2D eigenvalue weighted by molar-refractivity contribution is 4.52. The molecule has 6 nitrogen and oxygen atoms in total. The zero-order valence-corrected chi connectivity index (χ0v) is 13.4. The van der Waals surface area contributed by atoms with Crippen LogP contribution in [0, 0.1) is 0 Å². The molecule has 0 aromatic rings. The lowest BCUT2D eigenvalue weighted by Gasteiger charge is -2.16. The quantitative estimate of drug-likeness (QED) is 0.546.